The molecule has 1 aliphatic heterocycles. The zero-order valence-corrected chi connectivity index (χ0v) is 21.6. The first-order valence-corrected chi connectivity index (χ1v) is 12.8. The Morgan fingerprint density at radius 3 is 2.78 bits per heavy atom. The van der Waals surface area contributed by atoms with Crippen LogP contribution in [0.5, 0.6) is 5.75 Å². The third-order valence-corrected chi connectivity index (χ3v) is 6.76. The van der Waals surface area contributed by atoms with Crippen LogP contribution in [0.15, 0.2) is 59.9 Å². The smallest absolute Gasteiger partial charge is 0.254 e. The largest absolute Gasteiger partial charge is 0.497 e. The number of pyridine rings is 1. The molecule has 0 radical (unpaired) electrons. The summed E-state index contributed by atoms with van der Waals surface area (Å²) >= 11 is 7.49. The normalized spacial score (nSPS) is 15.5. The Labute approximate surface area is 219 Å². The van der Waals surface area contributed by atoms with E-state index in [0.717, 1.165) is 5.69 Å². The molecular weight excluding hydrogens is 500 g/mol. The molecule has 4 rings (SSSR count). The number of rotatable bonds is 8. The molecule has 9 nitrogen and oxygen atoms in total. The average molecular weight is 527 g/mol. The van der Waals surface area contributed by atoms with Gasteiger partial charge in [0.05, 0.1) is 25.1 Å². The van der Waals surface area contributed by atoms with Crippen molar-refractivity contribution in [1.82, 2.24) is 25.2 Å². The second kappa shape index (κ2) is 12.0. The number of piperazine rings is 1. The summed E-state index contributed by atoms with van der Waals surface area (Å²) in [4.78, 5) is 42.3. The van der Waals surface area contributed by atoms with E-state index >= 15 is 0 Å². The summed E-state index contributed by atoms with van der Waals surface area (Å²) in [5, 5.41) is 3.57. The first kappa shape index (κ1) is 25.7. The number of amides is 2. The molecular formula is C25H27ClN6O3S. The van der Waals surface area contributed by atoms with Crippen molar-refractivity contribution >= 4 is 41.0 Å². The molecule has 188 valence electrons. The van der Waals surface area contributed by atoms with Crippen LogP contribution in [0.25, 0.3) is 0 Å². The lowest BCUT2D eigenvalue weighted by Crippen LogP contribution is -2.54. The second-order valence-corrected chi connectivity index (χ2v) is 9.57. The molecule has 1 atom stereocenters. The molecule has 0 bridgehead atoms. The average Bonchev–Trinajstić information content (AvgIpc) is 2.90. The van der Waals surface area contributed by atoms with Crippen molar-refractivity contribution in [2.45, 2.75) is 24.7 Å². The second-order valence-electron chi connectivity index (χ2n) is 8.24. The van der Waals surface area contributed by atoms with Crippen molar-refractivity contribution in [2.24, 2.45) is 0 Å². The van der Waals surface area contributed by atoms with Crippen LogP contribution in [0.2, 0.25) is 5.15 Å². The molecule has 3 heterocycles. The summed E-state index contributed by atoms with van der Waals surface area (Å²) in [6.07, 6.45) is 1.69. The predicted molar refractivity (Wildman–Crippen MR) is 140 cm³/mol. The van der Waals surface area contributed by atoms with Gasteiger partial charge >= 0.3 is 0 Å². The molecule has 1 aromatic carbocycles. The number of nitrogens with one attached hydrogen (secondary N) is 1. The van der Waals surface area contributed by atoms with Crippen LogP contribution < -0.4 is 15.0 Å². The highest BCUT2D eigenvalue weighted by Crippen LogP contribution is 2.25. The van der Waals surface area contributed by atoms with Gasteiger partial charge in [-0.3, -0.25) is 14.6 Å². The number of nitrogens with zero attached hydrogens (tertiary/aromatic N) is 5. The van der Waals surface area contributed by atoms with E-state index in [4.69, 9.17) is 16.3 Å². The molecule has 36 heavy (non-hydrogen) atoms. The highest BCUT2D eigenvalue weighted by Gasteiger charge is 2.29. The number of ether oxygens (including phenoxy) is 1. The maximum atomic E-state index is 13.1. The molecule has 1 fully saturated rings. The SMILES string of the molecule is COc1cccc(C(=O)N2CCN(c3cc(Cl)nc(SCC(=O)NCc4ccccn4)n3)CC2C)c1. The van der Waals surface area contributed by atoms with Crippen LogP contribution in [0.3, 0.4) is 0 Å². The summed E-state index contributed by atoms with van der Waals surface area (Å²) in [7, 11) is 1.58. The molecule has 2 aromatic heterocycles. The number of carbonyl (C=O) groups is 2. The lowest BCUT2D eigenvalue weighted by Gasteiger charge is -2.40. The van der Waals surface area contributed by atoms with Crippen molar-refractivity contribution in [3.05, 3.63) is 71.1 Å². The summed E-state index contributed by atoms with van der Waals surface area (Å²) in [5.74, 6) is 1.31. The molecule has 2 amide bonds. The number of hydrogen-bond acceptors (Lipinski definition) is 8. The minimum absolute atomic E-state index is 0.0327. The van der Waals surface area contributed by atoms with Gasteiger partial charge in [0.1, 0.15) is 16.7 Å². The number of benzene rings is 1. The standard InChI is InChI=1S/C25H27ClN6O3S/c1-17-15-31(10-11-32(17)24(34)18-6-5-8-20(12-18)35-2)22-13-21(26)29-25(30-22)36-16-23(33)28-14-19-7-3-4-9-27-19/h3-9,12-13,17H,10-11,14-16H2,1-2H3,(H,28,33). The van der Waals surface area contributed by atoms with Gasteiger partial charge in [0.25, 0.3) is 5.91 Å². The Kier molecular flexibility index (Phi) is 8.61. The van der Waals surface area contributed by atoms with Crippen LogP contribution in [-0.4, -0.2) is 70.2 Å². The molecule has 1 unspecified atom stereocenters. The topological polar surface area (TPSA) is 101 Å². The number of carbonyl (C=O) groups excluding carboxylic acids is 2. The molecule has 3 aromatic rings. The first-order chi connectivity index (χ1) is 17.4. The van der Waals surface area contributed by atoms with Crippen LogP contribution in [0, 0.1) is 0 Å². The first-order valence-electron chi connectivity index (χ1n) is 11.5. The van der Waals surface area contributed by atoms with Gasteiger partial charge in [-0.2, -0.15) is 0 Å². The van der Waals surface area contributed by atoms with Crippen LogP contribution in [0.1, 0.15) is 23.0 Å². The van der Waals surface area contributed by atoms with Crippen molar-refractivity contribution in [3.63, 3.8) is 0 Å². The summed E-state index contributed by atoms with van der Waals surface area (Å²) < 4.78 is 5.25. The van der Waals surface area contributed by atoms with Gasteiger partial charge in [-0.15, -0.1) is 0 Å². The van der Waals surface area contributed by atoms with E-state index in [-0.39, 0.29) is 23.6 Å². The van der Waals surface area contributed by atoms with Crippen molar-refractivity contribution in [2.75, 3.05) is 37.4 Å². The Morgan fingerprint density at radius 1 is 1.17 bits per heavy atom. The number of hydrogen-bond donors (Lipinski definition) is 1. The minimum Gasteiger partial charge on any atom is -0.497 e. The summed E-state index contributed by atoms with van der Waals surface area (Å²) in [5.41, 5.74) is 1.38. The van der Waals surface area contributed by atoms with E-state index in [1.807, 2.05) is 42.2 Å². The number of anilines is 1. The van der Waals surface area contributed by atoms with Gasteiger partial charge < -0.3 is 19.9 Å². The fourth-order valence-electron chi connectivity index (χ4n) is 3.87. The van der Waals surface area contributed by atoms with Crippen molar-refractivity contribution in [1.29, 1.82) is 0 Å². The van der Waals surface area contributed by atoms with E-state index in [0.29, 0.717) is 53.6 Å². The number of aromatic nitrogens is 3. The minimum atomic E-state index is -0.144. The Balaban J connectivity index is 1.34. The van der Waals surface area contributed by atoms with E-state index in [2.05, 4.69) is 25.2 Å². The molecule has 11 heteroatoms. The van der Waals surface area contributed by atoms with E-state index < -0.39 is 0 Å². The predicted octanol–water partition coefficient (Wildman–Crippen LogP) is 3.29. The van der Waals surface area contributed by atoms with Gasteiger partial charge in [0, 0.05) is 43.5 Å². The van der Waals surface area contributed by atoms with E-state index in [1.165, 1.54) is 11.8 Å². The maximum Gasteiger partial charge on any atom is 0.254 e. The maximum absolute atomic E-state index is 13.1. The zero-order valence-electron chi connectivity index (χ0n) is 20.1. The molecule has 0 saturated carbocycles. The van der Waals surface area contributed by atoms with Crippen molar-refractivity contribution in [3.8, 4) is 5.75 Å². The van der Waals surface area contributed by atoms with E-state index in [1.54, 1.807) is 31.5 Å². The number of thioether (sulfide) groups is 1. The molecule has 0 spiro atoms. The monoisotopic (exact) mass is 526 g/mol. The van der Waals surface area contributed by atoms with Crippen molar-refractivity contribution < 1.29 is 14.3 Å². The lowest BCUT2D eigenvalue weighted by molar-refractivity contribution is -0.118. The number of halogens is 1. The quantitative estimate of drug-likeness (QED) is 0.271. The summed E-state index contributed by atoms with van der Waals surface area (Å²) in [6, 6.07) is 14.4. The fourth-order valence-corrected chi connectivity index (χ4v) is 4.79. The van der Waals surface area contributed by atoms with Gasteiger partial charge in [0.15, 0.2) is 5.16 Å². The third-order valence-electron chi connectivity index (χ3n) is 5.72. The van der Waals surface area contributed by atoms with E-state index in [9.17, 15) is 9.59 Å². The highest BCUT2D eigenvalue weighted by atomic mass is 35.5. The Bertz CT molecular complexity index is 1220. The fraction of sp³-hybridized carbons (Fsp3) is 0.320. The lowest BCUT2D eigenvalue weighted by atomic mass is 10.1. The molecule has 0 aliphatic carbocycles. The van der Waals surface area contributed by atoms with Gasteiger partial charge in [0.2, 0.25) is 5.91 Å². The Hall–Kier alpha value is -3.37. The van der Waals surface area contributed by atoms with Crippen LogP contribution >= 0.6 is 23.4 Å². The molecule has 1 N–H and O–H groups in total. The molecule has 1 saturated heterocycles. The van der Waals surface area contributed by atoms with Gasteiger partial charge in [-0.1, -0.05) is 35.5 Å². The highest BCUT2D eigenvalue weighted by molar-refractivity contribution is 7.99. The van der Waals surface area contributed by atoms with Crippen LogP contribution in [-0.2, 0) is 11.3 Å². The number of methoxy groups -OCH3 is 1. The zero-order chi connectivity index (χ0) is 25.5. The third kappa shape index (κ3) is 6.64. The van der Waals surface area contributed by atoms with Gasteiger partial charge in [-0.25, -0.2) is 9.97 Å². The molecule has 1 aliphatic rings. The Morgan fingerprint density at radius 2 is 2.03 bits per heavy atom. The van der Waals surface area contributed by atoms with Gasteiger partial charge in [-0.05, 0) is 37.3 Å². The van der Waals surface area contributed by atoms with Crippen LogP contribution in [0.4, 0.5) is 5.82 Å². The summed E-state index contributed by atoms with van der Waals surface area (Å²) in [6.45, 7) is 4.10.